The maximum absolute atomic E-state index is 13.3. The molecule has 36 heavy (non-hydrogen) atoms. The maximum Gasteiger partial charge on any atom is 0.257 e. The summed E-state index contributed by atoms with van der Waals surface area (Å²) in [5.41, 5.74) is 9.98. The molecular formula is C27H30N6O3. The lowest BCUT2D eigenvalue weighted by atomic mass is 10.0. The number of anilines is 1. The Kier molecular flexibility index (Phi) is 6.71. The van der Waals surface area contributed by atoms with Crippen molar-refractivity contribution in [2.45, 2.75) is 39.2 Å². The Morgan fingerprint density at radius 2 is 1.97 bits per heavy atom. The average molecular weight is 487 g/mol. The van der Waals surface area contributed by atoms with Crippen molar-refractivity contribution in [2.24, 2.45) is 5.92 Å². The number of amides is 1. The molecule has 0 bridgehead atoms. The van der Waals surface area contributed by atoms with Crippen LogP contribution in [0.4, 0.5) is 5.95 Å². The van der Waals surface area contributed by atoms with Gasteiger partial charge in [-0.25, -0.2) is 9.50 Å². The van der Waals surface area contributed by atoms with Crippen molar-refractivity contribution in [3.8, 4) is 22.8 Å². The summed E-state index contributed by atoms with van der Waals surface area (Å²) in [7, 11) is 1.51. The van der Waals surface area contributed by atoms with Crippen LogP contribution in [-0.4, -0.2) is 39.2 Å². The van der Waals surface area contributed by atoms with Crippen molar-refractivity contribution in [1.29, 1.82) is 0 Å². The number of nitrogens with zero attached hydrogens (tertiary/aromatic N) is 4. The number of carbonyl (C=O) groups excluding carboxylic acids is 1. The van der Waals surface area contributed by atoms with Crippen molar-refractivity contribution in [3.63, 3.8) is 0 Å². The lowest BCUT2D eigenvalue weighted by molar-refractivity contribution is 0.0946. The molecule has 186 valence electrons. The third-order valence-corrected chi connectivity index (χ3v) is 6.64. The molecule has 1 aliphatic carbocycles. The number of rotatable bonds is 8. The third kappa shape index (κ3) is 4.95. The van der Waals surface area contributed by atoms with Crippen molar-refractivity contribution in [3.05, 3.63) is 65.5 Å². The molecule has 0 saturated heterocycles. The van der Waals surface area contributed by atoms with Crippen LogP contribution < -0.4 is 20.5 Å². The molecule has 9 nitrogen and oxygen atoms in total. The second kappa shape index (κ2) is 10.2. The molecule has 1 aromatic carbocycles. The van der Waals surface area contributed by atoms with E-state index in [2.05, 4.69) is 20.4 Å². The number of methoxy groups -OCH3 is 1. The molecule has 0 aliphatic heterocycles. The minimum Gasteiger partial charge on any atom is -0.493 e. The van der Waals surface area contributed by atoms with Gasteiger partial charge >= 0.3 is 0 Å². The van der Waals surface area contributed by atoms with Gasteiger partial charge in [0.1, 0.15) is 11.3 Å². The first-order valence-corrected chi connectivity index (χ1v) is 12.2. The summed E-state index contributed by atoms with van der Waals surface area (Å²) in [6.45, 7) is 2.92. The largest absolute Gasteiger partial charge is 0.493 e. The highest BCUT2D eigenvalue weighted by Crippen LogP contribution is 2.29. The first kappa shape index (κ1) is 23.6. The van der Waals surface area contributed by atoms with Crippen LogP contribution in [0.3, 0.4) is 0 Å². The molecule has 3 heterocycles. The molecule has 0 unspecified atom stereocenters. The molecule has 9 heteroatoms. The molecule has 1 amide bonds. The SMILES string of the molecule is COc1nc(C)c(-c2ccn3nc(N)nc3c2)cc1C(=O)NCc1ccccc1OCC1CCCC1. The predicted molar refractivity (Wildman–Crippen MR) is 137 cm³/mol. The minimum atomic E-state index is -0.279. The number of nitrogen functional groups attached to an aromatic ring is 1. The van der Waals surface area contributed by atoms with E-state index < -0.39 is 0 Å². The standard InChI is InChI=1S/C27H30N6O3/c1-17-21(19-11-12-33-24(13-19)31-27(28)32-33)14-22(26(30-17)35-2)25(34)29-15-20-9-5-6-10-23(20)36-16-18-7-3-4-8-18/h5-6,9-14,18H,3-4,7-8,15-16H2,1-2H3,(H2,28,32)(H,29,34). The van der Waals surface area contributed by atoms with Gasteiger partial charge in [-0.3, -0.25) is 4.79 Å². The summed E-state index contributed by atoms with van der Waals surface area (Å²) < 4.78 is 13.2. The zero-order valence-electron chi connectivity index (χ0n) is 20.5. The Morgan fingerprint density at radius 3 is 2.78 bits per heavy atom. The molecule has 5 rings (SSSR count). The van der Waals surface area contributed by atoms with Crippen LogP contribution in [0.2, 0.25) is 0 Å². The number of aryl methyl sites for hydroxylation is 1. The second-order valence-corrected chi connectivity index (χ2v) is 9.12. The molecule has 1 aliphatic rings. The molecule has 4 aromatic rings. The van der Waals surface area contributed by atoms with E-state index in [1.807, 2.05) is 43.3 Å². The van der Waals surface area contributed by atoms with Gasteiger partial charge in [-0.2, -0.15) is 4.98 Å². The fourth-order valence-electron chi connectivity index (χ4n) is 4.71. The van der Waals surface area contributed by atoms with Crippen LogP contribution in [0.25, 0.3) is 16.8 Å². The van der Waals surface area contributed by atoms with E-state index in [0.29, 0.717) is 30.3 Å². The van der Waals surface area contributed by atoms with Crippen LogP contribution in [0.1, 0.15) is 47.3 Å². The maximum atomic E-state index is 13.3. The van der Waals surface area contributed by atoms with Gasteiger partial charge in [0, 0.05) is 29.6 Å². The van der Waals surface area contributed by atoms with E-state index in [1.165, 1.54) is 32.8 Å². The zero-order chi connectivity index (χ0) is 25.1. The van der Waals surface area contributed by atoms with Gasteiger partial charge in [-0.15, -0.1) is 5.10 Å². The highest BCUT2D eigenvalue weighted by Gasteiger charge is 2.19. The summed E-state index contributed by atoms with van der Waals surface area (Å²) in [5.74, 6) is 1.61. The minimum absolute atomic E-state index is 0.198. The highest BCUT2D eigenvalue weighted by atomic mass is 16.5. The van der Waals surface area contributed by atoms with Crippen LogP contribution in [0.15, 0.2) is 48.7 Å². The van der Waals surface area contributed by atoms with E-state index in [4.69, 9.17) is 15.2 Å². The highest BCUT2D eigenvalue weighted by molar-refractivity contribution is 5.97. The summed E-state index contributed by atoms with van der Waals surface area (Å²) >= 11 is 0. The second-order valence-electron chi connectivity index (χ2n) is 9.12. The number of para-hydroxylation sites is 1. The van der Waals surface area contributed by atoms with Gasteiger partial charge < -0.3 is 20.5 Å². The van der Waals surface area contributed by atoms with Gasteiger partial charge in [0.05, 0.1) is 13.7 Å². The summed E-state index contributed by atoms with van der Waals surface area (Å²) in [4.78, 5) is 22.0. The average Bonchev–Trinajstić information content (AvgIpc) is 3.54. The molecule has 3 N–H and O–H groups in total. The van der Waals surface area contributed by atoms with Crippen LogP contribution >= 0.6 is 0 Å². The molecule has 0 atom stereocenters. The lowest BCUT2D eigenvalue weighted by Gasteiger charge is -2.16. The first-order chi connectivity index (χ1) is 17.5. The summed E-state index contributed by atoms with van der Waals surface area (Å²) in [6, 6.07) is 13.4. The van der Waals surface area contributed by atoms with E-state index in [1.54, 1.807) is 16.8 Å². The first-order valence-electron chi connectivity index (χ1n) is 12.2. The number of ether oxygens (including phenoxy) is 2. The van der Waals surface area contributed by atoms with E-state index in [-0.39, 0.29) is 17.7 Å². The Bertz CT molecular complexity index is 1390. The number of carbonyl (C=O) groups is 1. The number of hydrogen-bond donors (Lipinski definition) is 2. The lowest BCUT2D eigenvalue weighted by Crippen LogP contribution is -2.24. The van der Waals surface area contributed by atoms with Crippen molar-refractivity contribution >= 4 is 17.5 Å². The molecule has 1 saturated carbocycles. The van der Waals surface area contributed by atoms with Crippen LogP contribution in [0.5, 0.6) is 11.6 Å². The Balaban J connectivity index is 1.36. The Labute approximate surface area is 209 Å². The number of hydrogen-bond acceptors (Lipinski definition) is 7. The molecule has 3 aromatic heterocycles. The number of fused-ring (bicyclic) bond motifs is 1. The topological polar surface area (TPSA) is 117 Å². The quantitative estimate of drug-likeness (QED) is 0.383. The normalized spacial score (nSPS) is 13.7. The van der Waals surface area contributed by atoms with Crippen molar-refractivity contribution < 1.29 is 14.3 Å². The van der Waals surface area contributed by atoms with Gasteiger partial charge in [0.2, 0.25) is 11.8 Å². The number of nitrogens with one attached hydrogen (secondary N) is 1. The fourth-order valence-corrected chi connectivity index (χ4v) is 4.71. The smallest absolute Gasteiger partial charge is 0.257 e. The van der Waals surface area contributed by atoms with Gasteiger partial charge in [0.15, 0.2) is 5.65 Å². The van der Waals surface area contributed by atoms with Crippen molar-refractivity contribution in [1.82, 2.24) is 24.9 Å². The van der Waals surface area contributed by atoms with Gasteiger partial charge in [-0.1, -0.05) is 31.0 Å². The molecule has 0 radical (unpaired) electrons. The number of benzene rings is 1. The number of nitrogens with two attached hydrogens (primary N) is 1. The molecule has 0 spiro atoms. The fraction of sp³-hybridized carbons (Fsp3) is 0.333. The summed E-state index contributed by atoms with van der Waals surface area (Å²) in [5, 5.41) is 7.12. The van der Waals surface area contributed by atoms with Crippen LogP contribution in [-0.2, 0) is 6.54 Å². The molecular weight excluding hydrogens is 456 g/mol. The Hall–Kier alpha value is -4.14. The zero-order valence-corrected chi connectivity index (χ0v) is 20.5. The summed E-state index contributed by atoms with van der Waals surface area (Å²) in [6.07, 6.45) is 6.78. The monoisotopic (exact) mass is 486 g/mol. The van der Waals surface area contributed by atoms with E-state index in [9.17, 15) is 4.79 Å². The predicted octanol–water partition coefficient (Wildman–Crippen LogP) is 4.19. The number of pyridine rings is 2. The third-order valence-electron chi connectivity index (χ3n) is 6.64. The molecule has 1 fully saturated rings. The number of aromatic nitrogens is 4. The Morgan fingerprint density at radius 1 is 1.17 bits per heavy atom. The van der Waals surface area contributed by atoms with Crippen molar-refractivity contribution in [2.75, 3.05) is 19.5 Å². The van der Waals surface area contributed by atoms with Gasteiger partial charge in [0.25, 0.3) is 5.91 Å². The van der Waals surface area contributed by atoms with Crippen LogP contribution in [0, 0.1) is 12.8 Å². The van der Waals surface area contributed by atoms with Gasteiger partial charge in [-0.05, 0) is 55.5 Å². The van der Waals surface area contributed by atoms with E-state index >= 15 is 0 Å². The van der Waals surface area contributed by atoms with E-state index in [0.717, 1.165) is 28.1 Å².